The Morgan fingerprint density at radius 3 is 2.62 bits per heavy atom. The first kappa shape index (κ1) is 10.5. The van der Waals surface area contributed by atoms with Gasteiger partial charge in [-0.3, -0.25) is 0 Å². The molecule has 0 heterocycles. The van der Waals surface area contributed by atoms with Crippen LogP contribution in [0.5, 0.6) is 0 Å². The fraction of sp³-hybridized carbons (Fsp3) is 0.909. The van der Waals surface area contributed by atoms with E-state index < -0.39 is 11.0 Å². The minimum absolute atomic E-state index is 0.600. The van der Waals surface area contributed by atoms with E-state index in [1.165, 1.54) is 0 Å². The van der Waals surface area contributed by atoms with Gasteiger partial charge in [-0.2, -0.15) is 5.26 Å². The average Bonchev–Trinajstić information content (AvgIpc) is 2.49. The van der Waals surface area contributed by atoms with Crippen molar-refractivity contribution in [2.24, 2.45) is 11.3 Å². The molecule has 0 saturated heterocycles. The Balaban J connectivity index is 2.76. The SMILES string of the molecule is CCC1CCC(O)(C(C)(C)C#N)C1. The smallest absolute Gasteiger partial charge is 0.0830 e. The zero-order chi connectivity index (χ0) is 10.1. The van der Waals surface area contributed by atoms with E-state index in [-0.39, 0.29) is 0 Å². The lowest BCUT2D eigenvalue weighted by Gasteiger charge is -2.34. The van der Waals surface area contributed by atoms with E-state index in [0.29, 0.717) is 5.92 Å². The van der Waals surface area contributed by atoms with Gasteiger partial charge in [-0.05, 0) is 39.0 Å². The Labute approximate surface area is 80.6 Å². The van der Waals surface area contributed by atoms with Crippen molar-refractivity contribution < 1.29 is 5.11 Å². The predicted octanol–water partition coefficient (Wildman–Crippen LogP) is 2.48. The van der Waals surface area contributed by atoms with Crippen LogP contribution in [0.25, 0.3) is 0 Å². The molecule has 74 valence electrons. The third kappa shape index (κ3) is 1.71. The fourth-order valence-electron chi connectivity index (χ4n) is 2.14. The van der Waals surface area contributed by atoms with E-state index in [1.807, 2.05) is 13.8 Å². The van der Waals surface area contributed by atoms with E-state index in [9.17, 15) is 5.11 Å². The number of hydrogen-bond donors (Lipinski definition) is 1. The summed E-state index contributed by atoms with van der Waals surface area (Å²) in [6.07, 6.45) is 3.76. The zero-order valence-electron chi connectivity index (χ0n) is 8.80. The van der Waals surface area contributed by atoms with Crippen LogP contribution in [0.3, 0.4) is 0 Å². The lowest BCUT2D eigenvalue weighted by Crippen LogP contribution is -2.41. The van der Waals surface area contributed by atoms with Gasteiger partial charge < -0.3 is 5.11 Å². The van der Waals surface area contributed by atoms with Crippen LogP contribution in [-0.4, -0.2) is 10.7 Å². The number of nitrogens with zero attached hydrogens (tertiary/aromatic N) is 1. The van der Waals surface area contributed by atoms with E-state index in [4.69, 9.17) is 5.26 Å². The molecule has 1 aliphatic carbocycles. The number of nitriles is 1. The molecule has 1 fully saturated rings. The molecule has 2 unspecified atom stereocenters. The molecule has 0 aromatic heterocycles. The number of rotatable bonds is 2. The van der Waals surface area contributed by atoms with Crippen molar-refractivity contribution in [2.45, 2.75) is 52.1 Å². The molecule has 13 heavy (non-hydrogen) atoms. The Morgan fingerprint density at radius 2 is 2.23 bits per heavy atom. The minimum atomic E-state index is -0.748. The second kappa shape index (κ2) is 3.31. The summed E-state index contributed by atoms with van der Waals surface area (Å²) < 4.78 is 0. The standard InChI is InChI=1S/C11H19NO/c1-4-9-5-6-11(13,7-9)10(2,3)8-12/h9,13H,4-7H2,1-3H3. The zero-order valence-corrected chi connectivity index (χ0v) is 8.80. The lowest BCUT2D eigenvalue weighted by atomic mass is 9.74. The van der Waals surface area contributed by atoms with E-state index in [2.05, 4.69) is 13.0 Å². The molecule has 2 heteroatoms. The van der Waals surface area contributed by atoms with Crippen molar-refractivity contribution in [1.82, 2.24) is 0 Å². The summed E-state index contributed by atoms with van der Waals surface area (Å²) in [5, 5.41) is 19.3. The summed E-state index contributed by atoms with van der Waals surface area (Å²) in [6.45, 7) is 5.83. The second-order valence-corrected chi connectivity index (χ2v) is 4.79. The number of hydrogen-bond acceptors (Lipinski definition) is 2. The maximum atomic E-state index is 10.3. The summed E-state index contributed by atoms with van der Waals surface area (Å²) in [4.78, 5) is 0. The topological polar surface area (TPSA) is 44.0 Å². The van der Waals surface area contributed by atoms with Crippen molar-refractivity contribution >= 4 is 0 Å². The molecule has 0 bridgehead atoms. The van der Waals surface area contributed by atoms with Crippen molar-refractivity contribution in [2.75, 3.05) is 0 Å². The first-order chi connectivity index (χ1) is 5.95. The van der Waals surface area contributed by atoms with Crippen molar-refractivity contribution in [3.63, 3.8) is 0 Å². The maximum Gasteiger partial charge on any atom is 0.0830 e. The molecular weight excluding hydrogens is 162 g/mol. The molecular formula is C11H19NO. The summed E-state index contributed by atoms with van der Waals surface area (Å²) in [5.41, 5.74) is -1.35. The summed E-state index contributed by atoms with van der Waals surface area (Å²) in [6, 6.07) is 2.22. The van der Waals surface area contributed by atoms with Crippen molar-refractivity contribution in [3.05, 3.63) is 0 Å². The Kier molecular flexibility index (Phi) is 2.68. The highest BCUT2D eigenvalue weighted by atomic mass is 16.3. The van der Waals surface area contributed by atoms with Crippen molar-refractivity contribution in [3.8, 4) is 6.07 Å². The molecule has 2 nitrogen and oxygen atoms in total. The minimum Gasteiger partial charge on any atom is -0.388 e. The van der Waals surface area contributed by atoms with Gasteiger partial charge in [-0.15, -0.1) is 0 Å². The highest BCUT2D eigenvalue weighted by Crippen LogP contribution is 2.46. The Morgan fingerprint density at radius 1 is 1.62 bits per heavy atom. The van der Waals surface area contributed by atoms with Crippen molar-refractivity contribution in [1.29, 1.82) is 5.26 Å². The van der Waals surface area contributed by atoms with Crippen LogP contribution in [0.15, 0.2) is 0 Å². The molecule has 2 atom stereocenters. The molecule has 0 spiro atoms. The first-order valence-electron chi connectivity index (χ1n) is 5.09. The van der Waals surface area contributed by atoms with Gasteiger partial charge in [-0.25, -0.2) is 0 Å². The largest absolute Gasteiger partial charge is 0.388 e. The van der Waals surface area contributed by atoms with Crippen LogP contribution in [-0.2, 0) is 0 Å². The molecule has 0 aliphatic heterocycles. The highest BCUT2D eigenvalue weighted by Gasteiger charge is 2.48. The van der Waals surface area contributed by atoms with Crippen LogP contribution in [0.2, 0.25) is 0 Å². The third-order valence-corrected chi connectivity index (χ3v) is 3.61. The van der Waals surface area contributed by atoms with Crippen LogP contribution in [0.1, 0.15) is 46.5 Å². The molecule has 0 amide bonds. The molecule has 1 aliphatic rings. The Hall–Kier alpha value is -0.550. The van der Waals surface area contributed by atoms with Gasteiger partial charge >= 0.3 is 0 Å². The average molecular weight is 181 g/mol. The molecule has 1 rings (SSSR count). The van der Waals surface area contributed by atoms with Gasteiger partial charge in [0.1, 0.15) is 0 Å². The summed E-state index contributed by atoms with van der Waals surface area (Å²) in [7, 11) is 0. The molecule has 1 saturated carbocycles. The first-order valence-corrected chi connectivity index (χ1v) is 5.09. The highest BCUT2D eigenvalue weighted by molar-refractivity contribution is 5.09. The Bertz CT molecular complexity index is 229. The fourth-order valence-corrected chi connectivity index (χ4v) is 2.14. The van der Waals surface area contributed by atoms with Gasteiger partial charge in [0.25, 0.3) is 0 Å². The molecule has 0 aromatic carbocycles. The quantitative estimate of drug-likeness (QED) is 0.711. The van der Waals surface area contributed by atoms with Gasteiger partial charge in [0, 0.05) is 0 Å². The summed E-state index contributed by atoms with van der Waals surface area (Å²) in [5.74, 6) is 0.609. The van der Waals surface area contributed by atoms with E-state index >= 15 is 0 Å². The summed E-state index contributed by atoms with van der Waals surface area (Å²) >= 11 is 0. The third-order valence-electron chi connectivity index (χ3n) is 3.61. The maximum absolute atomic E-state index is 10.3. The second-order valence-electron chi connectivity index (χ2n) is 4.79. The molecule has 0 aromatic rings. The normalized spacial score (nSPS) is 34.5. The van der Waals surface area contributed by atoms with Crippen LogP contribution in [0.4, 0.5) is 0 Å². The monoisotopic (exact) mass is 181 g/mol. The van der Waals surface area contributed by atoms with Crippen LogP contribution >= 0.6 is 0 Å². The van der Waals surface area contributed by atoms with Gasteiger partial charge in [0.15, 0.2) is 0 Å². The molecule has 0 radical (unpaired) electrons. The van der Waals surface area contributed by atoms with Gasteiger partial charge in [0.2, 0.25) is 0 Å². The van der Waals surface area contributed by atoms with Crippen LogP contribution < -0.4 is 0 Å². The molecule has 1 N–H and O–H groups in total. The van der Waals surface area contributed by atoms with E-state index in [0.717, 1.165) is 25.7 Å². The number of aliphatic hydroxyl groups is 1. The van der Waals surface area contributed by atoms with Gasteiger partial charge in [0.05, 0.1) is 17.1 Å². The predicted molar refractivity (Wildman–Crippen MR) is 52.0 cm³/mol. The van der Waals surface area contributed by atoms with Gasteiger partial charge in [-0.1, -0.05) is 13.3 Å². The van der Waals surface area contributed by atoms with Crippen LogP contribution in [0, 0.1) is 22.7 Å². The van der Waals surface area contributed by atoms with E-state index in [1.54, 1.807) is 0 Å². The lowest BCUT2D eigenvalue weighted by molar-refractivity contribution is -0.0355.